The number of benzene rings is 3. The number of hydrogen-bond donors (Lipinski definition) is 2. The molecular formula is C30H38N2O3. The summed E-state index contributed by atoms with van der Waals surface area (Å²) in [5.41, 5.74) is 13.8. The monoisotopic (exact) mass is 474 g/mol. The maximum Gasteiger partial charge on any atom is 0.142 e. The molecule has 0 spiro atoms. The first-order chi connectivity index (χ1) is 16.9. The van der Waals surface area contributed by atoms with Gasteiger partial charge in [0.1, 0.15) is 23.9 Å². The molecule has 35 heavy (non-hydrogen) atoms. The number of anilines is 1. The van der Waals surface area contributed by atoms with Crippen LogP contribution in [-0.2, 0) is 19.3 Å². The lowest BCUT2D eigenvalue weighted by Crippen LogP contribution is -2.30. The van der Waals surface area contributed by atoms with E-state index in [4.69, 9.17) is 15.2 Å². The molecule has 0 radical (unpaired) electrons. The Morgan fingerprint density at radius 3 is 2.46 bits per heavy atom. The van der Waals surface area contributed by atoms with Crippen LogP contribution >= 0.6 is 0 Å². The summed E-state index contributed by atoms with van der Waals surface area (Å²) in [5.74, 6) is 1.83. The van der Waals surface area contributed by atoms with Crippen LogP contribution in [0, 0.1) is 0 Å². The fourth-order valence-corrected chi connectivity index (χ4v) is 4.84. The smallest absolute Gasteiger partial charge is 0.142 e. The van der Waals surface area contributed by atoms with Gasteiger partial charge in [-0.05, 0) is 98.7 Å². The molecule has 0 saturated heterocycles. The summed E-state index contributed by atoms with van der Waals surface area (Å²) < 4.78 is 11.5. The molecule has 0 amide bonds. The third kappa shape index (κ3) is 5.57. The summed E-state index contributed by atoms with van der Waals surface area (Å²) in [7, 11) is 3.74. The molecule has 3 aromatic carbocycles. The molecule has 0 atom stereocenters. The van der Waals surface area contributed by atoms with E-state index in [2.05, 4.69) is 44.0 Å². The van der Waals surface area contributed by atoms with E-state index in [0.29, 0.717) is 36.3 Å². The number of ether oxygens (including phenoxy) is 2. The number of fused-ring (bicyclic) bond motifs is 1. The maximum atomic E-state index is 10.9. The number of likely N-dealkylation sites (N-methyl/N-ethyl adjacent to an activating group) is 1. The standard InChI is InChI=1S/C30H38N2O3/c1-20(2)32(3)17-18-35-23-12-9-21(10-13-23)19-26-25(14-16-28(34-4)30(26)31)29-24-8-6-5-7-22(24)11-15-27(29)33/h9-16,20,33H,5-8,17-19,31H2,1-4H3. The molecule has 0 saturated carbocycles. The highest BCUT2D eigenvalue weighted by atomic mass is 16.5. The van der Waals surface area contributed by atoms with Gasteiger partial charge in [0, 0.05) is 24.6 Å². The topological polar surface area (TPSA) is 68.0 Å². The van der Waals surface area contributed by atoms with Crippen molar-refractivity contribution in [3.63, 3.8) is 0 Å². The van der Waals surface area contributed by atoms with Gasteiger partial charge in [0.05, 0.1) is 12.8 Å². The minimum absolute atomic E-state index is 0.312. The molecule has 0 fully saturated rings. The van der Waals surface area contributed by atoms with Gasteiger partial charge in [-0.15, -0.1) is 0 Å². The zero-order chi connectivity index (χ0) is 24.9. The predicted molar refractivity (Wildman–Crippen MR) is 144 cm³/mol. The lowest BCUT2D eigenvalue weighted by atomic mass is 9.83. The molecule has 0 aliphatic heterocycles. The Morgan fingerprint density at radius 1 is 1.00 bits per heavy atom. The van der Waals surface area contributed by atoms with Gasteiger partial charge in [0.25, 0.3) is 0 Å². The van der Waals surface area contributed by atoms with Crippen LogP contribution in [0.5, 0.6) is 17.2 Å². The molecule has 5 nitrogen and oxygen atoms in total. The SMILES string of the molecule is COc1ccc(-c2c(O)ccc3c2CCCC3)c(Cc2ccc(OCCN(C)C(C)C)cc2)c1N. The van der Waals surface area contributed by atoms with E-state index in [9.17, 15) is 5.11 Å². The van der Waals surface area contributed by atoms with Crippen LogP contribution in [0.1, 0.15) is 48.9 Å². The van der Waals surface area contributed by atoms with Crippen molar-refractivity contribution in [1.29, 1.82) is 0 Å². The average Bonchev–Trinajstić information content (AvgIpc) is 2.86. The van der Waals surface area contributed by atoms with Crippen molar-refractivity contribution in [3.05, 3.63) is 70.8 Å². The van der Waals surface area contributed by atoms with Crippen molar-refractivity contribution in [3.8, 4) is 28.4 Å². The van der Waals surface area contributed by atoms with Gasteiger partial charge >= 0.3 is 0 Å². The van der Waals surface area contributed by atoms with E-state index in [-0.39, 0.29) is 0 Å². The predicted octanol–water partition coefficient (Wildman–Crippen LogP) is 5.84. The minimum Gasteiger partial charge on any atom is -0.507 e. The number of rotatable bonds is 9. The Labute approximate surface area is 209 Å². The van der Waals surface area contributed by atoms with Crippen LogP contribution in [0.25, 0.3) is 11.1 Å². The van der Waals surface area contributed by atoms with Gasteiger partial charge in [-0.3, -0.25) is 0 Å². The van der Waals surface area contributed by atoms with Crippen LogP contribution in [-0.4, -0.2) is 43.4 Å². The Bertz CT molecular complexity index is 1160. The van der Waals surface area contributed by atoms with E-state index in [1.165, 1.54) is 17.5 Å². The Morgan fingerprint density at radius 2 is 1.74 bits per heavy atom. The van der Waals surface area contributed by atoms with Crippen LogP contribution < -0.4 is 15.2 Å². The third-order valence-corrected chi connectivity index (χ3v) is 7.22. The first kappa shape index (κ1) is 24.9. The van der Waals surface area contributed by atoms with Gasteiger partial charge in [-0.1, -0.05) is 24.3 Å². The molecule has 3 N–H and O–H groups in total. The van der Waals surface area contributed by atoms with E-state index in [1.807, 2.05) is 30.3 Å². The van der Waals surface area contributed by atoms with Crippen LogP contribution in [0.2, 0.25) is 0 Å². The van der Waals surface area contributed by atoms with E-state index in [0.717, 1.165) is 53.8 Å². The molecule has 0 heterocycles. The van der Waals surface area contributed by atoms with Crippen molar-refractivity contribution in [2.75, 3.05) is 33.0 Å². The fraction of sp³-hybridized carbons (Fsp3) is 0.400. The van der Waals surface area contributed by atoms with E-state index >= 15 is 0 Å². The van der Waals surface area contributed by atoms with Crippen LogP contribution in [0.3, 0.4) is 0 Å². The molecule has 3 aromatic rings. The number of aryl methyl sites for hydroxylation is 1. The quantitative estimate of drug-likeness (QED) is 0.382. The number of nitrogens with zero attached hydrogens (tertiary/aromatic N) is 1. The van der Waals surface area contributed by atoms with Crippen molar-refractivity contribution >= 4 is 5.69 Å². The molecule has 0 bridgehead atoms. The van der Waals surface area contributed by atoms with Crippen LogP contribution in [0.15, 0.2) is 48.5 Å². The molecular weight excluding hydrogens is 436 g/mol. The molecule has 5 heteroatoms. The average molecular weight is 475 g/mol. The number of phenols is 1. The lowest BCUT2D eigenvalue weighted by Gasteiger charge is -2.23. The first-order valence-electron chi connectivity index (χ1n) is 12.6. The van der Waals surface area contributed by atoms with E-state index in [1.54, 1.807) is 7.11 Å². The van der Waals surface area contributed by atoms with E-state index < -0.39 is 0 Å². The van der Waals surface area contributed by atoms with Gasteiger partial charge in [0.2, 0.25) is 0 Å². The molecule has 1 aliphatic rings. The Balaban J connectivity index is 1.62. The van der Waals surface area contributed by atoms with Crippen molar-refractivity contribution in [2.24, 2.45) is 0 Å². The number of methoxy groups -OCH3 is 1. The maximum absolute atomic E-state index is 10.9. The zero-order valence-electron chi connectivity index (χ0n) is 21.4. The van der Waals surface area contributed by atoms with Gasteiger partial charge < -0.3 is 25.2 Å². The molecule has 0 unspecified atom stereocenters. The summed E-state index contributed by atoms with van der Waals surface area (Å²) in [5, 5.41) is 10.9. The Kier molecular flexibility index (Phi) is 7.86. The largest absolute Gasteiger partial charge is 0.507 e. The fourth-order valence-electron chi connectivity index (χ4n) is 4.84. The second-order valence-electron chi connectivity index (χ2n) is 9.76. The highest BCUT2D eigenvalue weighted by molar-refractivity contribution is 5.83. The van der Waals surface area contributed by atoms with Crippen molar-refractivity contribution in [1.82, 2.24) is 4.90 Å². The molecule has 1 aliphatic carbocycles. The summed E-state index contributed by atoms with van der Waals surface area (Å²) in [4.78, 5) is 2.26. The highest BCUT2D eigenvalue weighted by Crippen LogP contribution is 2.43. The number of nitrogen functional groups attached to an aromatic ring is 1. The highest BCUT2D eigenvalue weighted by Gasteiger charge is 2.22. The zero-order valence-corrected chi connectivity index (χ0v) is 21.4. The van der Waals surface area contributed by atoms with Gasteiger partial charge in [-0.2, -0.15) is 0 Å². The summed E-state index contributed by atoms with van der Waals surface area (Å²) in [6.07, 6.45) is 4.99. The Hall–Kier alpha value is -3.18. The van der Waals surface area contributed by atoms with Crippen molar-refractivity contribution in [2.45, 2.75) is 52.0 Å². The number of phenolic OH excluding ortho intramolecular Hbond substituents is 1. The lowest BCUT2D eigenvalue weighted by molar-refractivity contribution is 0.208. The minimum atomic E-state index is 0.312. The summed E-state index contributed by atoms with van der Waals surface area (Å²) in [6, 6.07) is 16.5. The summed E-state index contributed by atoms with van der Waals surface area (Å²) >= 11 is 0. The molecule has 0 aromatic heterocycles. The second kappa shape index (κ2) is 11.0. The molecule has 4 rings (SSSR count). The third-order valence-electron chi connectivity index (χ3n) is 7.22. The first-order valence-corrected chi connectivity index (χ1v) is 12.6. The number of aromatic hydroxyl groups is 1. The van der Waals surface area contributed by atoms with Crippen LogP contribution in [0.4, 0.5) is 5.69 Å². The second-order valence-corrected chi connectivity index (χ2v) is 9.76. The number of nitrogens with two attached hydrogens (primary N) is 1. The molecule has 186 valence electrons. The number of hydrogen-bond acceptors (Lipinski definition) is 5. The van der Waals surface area contributed by atoms with Gasteiger partial charge in [0.15, 0.2) is 0 Å². The van der Waals surface area contributed by atoms with Crippen molar-refractivity contribution < 1.29 is 14.6 Å². The summed E-state index contributed by atoms with van der Waals surface area (Å²) in [6.45, 7) is 5.89. The normalized spacial score (nSPS) is 13.2. The van der Waals surface area contributed by atoms with Gasteiger partial charge in [-0.25, -0.2) is 0 Å².